The molecule has 2 heteroatoms. The van der Waals surface area contributed by atoms with E-state index in [4.69, 9.17) is 5.26 Å². The van der Waals surface area contributed by atoms with Gasteiger partial charge in [0.1, 0.15) is 0 Å². The zero-order valence-corrected chi connectivity index (χ0v) is 14.1. The van der Waals surface area contributed by atoms with Gasteiger partial charge in [0, 0.05) is 12.1 Å². The van der Waals surface area contributed by atoms with E-state index in [2.05, 4.69) is 54.4 Å². The fourth-order valence-corrected chi connectivity index (χ4v) is 4.20. The summed E-state index contributed by atoms with van der Waals surface area (Å²) >= 11 is 0. The van der Waals surface area contributed by atoms with Crippen molar-refractivity contribution in [2.75, 3.05) is 7.05 Å². The van der Waals surface area contributed by atoms with Crippen molar-refractivity contribution in [1.29, 1.82) is 5.26 Å². The van der Waals surface area contributed by atoms with E-state index in [1.807, 2.05) is 18.2 Å². The van der Waals surface area contributed by atoms with Gasteiger partial charge in [-0.15, -0.1) is 0 Å². The van der Waals surface area contributed by atoms with E-state index in [1.165, 1.54) is 36.8 Å². The van der Waals surface area contributed by atoms with Crippen molar-refractivity contribution in [3.05, 3.63) is 65.2 Å². The summed E-state index contributed by atoms with van der Waals surface area (Å²) in [6.45, 7) is 0. The summed E-state index contributed by atoms with van der Waals surface area (Å²) in [5.74, 6) is 0. The summed E-state index contributed by atoms with van der Waals surface area (Å²) in [5, 5.41) is 9.09. The summed E-state index contributed by atoms with van der Waals surface area (Å²) < 4.78 is 0. The highest BCUT2D eigenvalue weighted by atomic mass is 15.2. The van der Waals surface area contributed by atoms with Crippen LogP contribution in [0.5, 0.6) is 0 Å². The third-order valence-corrected chi connectivity index (χ3v) is 5.56. The zero-order chi connectivity index (χ0) is 16.5. The Bertz CT molecular complexity index is 812. The number of benzene rings is 2. The molecule has 2 heterocycles. The Hall–Kier alpha value is -2.37. The highest BCUT2D eigenvalue weighted by Gasteiger charge is 2.35. The van der Waals surface area contributed by atoms with Gasteiger partial charge in [0.15, 0.2) is 0 Å². The standard InChI is InChI=1S/C22H22N2/c1-24-21-8-9-22(24)14-18(13-21)10-16-4-2-6-19(11-16)20-7-3-5-17(12-20)15-23/h2-7,10-12,21-22H,8-9,13-14H2,1H3. The van der Waals surface area contributed by atoms with Crippen molar-refractivity contribution in [2.45, 2.75) is 37.8 Å². The predicted octanol–water partition coefficient (Wildman–Crippen LogP) is 4.87. The lowest BCUT2D eigenvalue weighted by atomic mass is 9.94. The molecule has 0 amide bonds. The van der Waals surface area contributed by atoms with Gasteiger partial charge in [-0.2, -0.15) is 5.26 Å². The Morgan fingerprint density at radius 1 is 1.00 bits per heavy atom. The molecule has 0 N–H and O–H groups in total. The van der Waals surface area contributed by atoms with Crippen LogP contribution in [0.25, 0.3) is 17.2 Å². The molecule has 2 fully saturated rings. The van der Waals surface area contributed by atoms with Gasteiger partial charge in [0.05, 0.1) is 11.6 Å². The van der Waals surface area contributed by atoms with Crippen LogP contribution in [0, 0.1) is 11.3 Å². The topological polar surface area (TPSA) is 27.0 Å². The molecule has 2 aromatic carbocycles. The lowest BCUT2D eigenvalue weighted by Gasteiger charge is -2.32. The fourth-order valence-electron chi connectivity index (χ4n) is 4.20. The first kappa shape index (κ1) is 15.2. The molecule has 0 saturated carbocycles. The third kappa shape index (κ3) is 2.88. The monoisotopic (exact) mass is 314 g/mol. The maximum absolute atomic E-state index is 9.09. The third-order valence-electron chi connectivity index (χ3n) is 5.56. The maximum atomic E-state index is 9.09. The molecule has 2 bridgehead atoms. The maximum Gasteiger partial charge on any atom is 0.0991 e. The van der Waals surface area contributed by atoms with E-state index in [0.717, 1.165) is 17.6 Å². The summed E-state index contributed by atoms with van der Waals surface area (Å²) in [7, 11) is 2.28. The minimum atomic E-state index is 0.711. The molecule has 0 aliphatic carbocycles. The minimum Gasteiger partial charge on any atom is -0.300 e. The van der Waals surface area contributed by atoms with Crippen LogP contribution in [-0.4, -0.2) is 24.0 Å². The number of piperidine rings is 1. The molecule has 24 heavy (non-hydrogen) atoms. The second kappa shape index (κ2) is 6.26. The molecule has 0 spiro atoms. The van der Waals surface area contributed by atoms with Gasteiger partial charge in [0.25, 0.3) is 0 Å². The molecule has 0 aromatic heterocycles. The summed E-state index contributed by atoms with van der Waals surface area (Å²) in [6, 6.07) is 20.2. The number of hydrogen-bond acceptors (Lipinski definition) is 2. The van der Waals surface area contributed by atoms with Crippen LogP contribution in [0.15, 0.2) is 54.1 Å². The fraction of sp³-hybridized carbons (Fsp3) is 0.318. The Labute approximate surface area is 144 Å². The number of rotatable bonds is 2. The number of fused-ring (bicyclic) bond motifs is 2. The molecule has 2 aromatic rings. The SMILES string of the molecule is CN1C2CCC1CC(=Cc1cccc(-c3cccc(C#N)c3)c1)C2. The van der Waals surface area contributed by atoms with Crippen molar-refractivity contribution < 1.29 is 0 Å². The average molecular weight is 314 g/mol. The summed E-state index contributed by atoms with van der Waals surface area (Å²) in [4.78, 5) is 2.57. The van der Waals surface area contributed by atoms with Crippen LogP contribution in [0.3, 0.4) is 0 Å². The zero-order valence-electron chi connectivity index (χ0n) is 14.1. The first-order valence-electron chi connectivity index (χ1n) is 8.75. The molecule has 120 valence electrons. The van der Waals surface area contributed by atoms with Crippen LogP contribution in [0.1, 0.15) is 36.8 Å². The first-order valence-corrected chi connectivity index (χ1v) is 8.75. The Balaban J connectivity index is 1.61. The van der Waals surface area contributed by atoms with Gasteiger partial charge in [-0.25, -0.2) is 0 Å². The van der Waals surface area contributed by atoms with Crippen LogP contribution < -0.4 is 0 Å². The molecule has 2 nitrogen and oxygen atoms in total. The Morgan fingerprint density at radius 2 is 1.67 bits per heavy atom. The van der Waals surface area contributed by atoms with Gasteiger partial charge in [-0.3, -0.25) is 4.90 Å². The highest BCUT2D eigenvalue weighted by molar-refractivity contribution is 5.69. The summed E-state index contributed by atoms with van der Waals surface area (Å²) in [6.07, 6.45) is 7.50. The molecular formula is C22H22N2. The predicted molar refractivity (Wildman–Crippen MR) is 98.4 cm³/mol. The van der Waals surface area contributed by atoms with Crippen LogP contribution in [-0.2, 0) is 0 Å². The van der Waals surface area contributed by atoms with E-state index in [1.54, 1.807) is 5.57 Å². The van der Waals surface area contributed by atoms with Gasteiger partial charge in [0.2, 0.25) is 0 Å². The van der Waals surface area contributed by atoms with Gasteiger partial charge in [-0.1, -0.05) is 42.0 Å². The lowest BCUT2D eigenvalue weighted by molar-refractivity contribution is 0.210. The van der Waals surface area contributed by atoms with Crippen molar-refractivity contribution in [2.24, 2.45) is 0 Å². The lowest BCUT2D eigenvalue weighted by Crippen LogP contribution is -2.36. The van der Waals surface area contributed by atoms with Crippen molar-refractivity contribution in [3.8, 4) is 17.2 Å². The Kier molecular flexibility index (Phi) is 3.96. The molecule has 2 atom stereocenters. The number of nitrogens with zero attached hydrogens (tertiary/aromatic N) is 2. The van der Waals surface area contributed by atoms with E-state index < -0.39 is 0 Å². The van der Waals surface area contributed by atoms with Crippen LogP contribution >= 0.6 is 0 Å². The Morgan fingerprint density at radius 3 is 2.38 bits per heavy atom. The molecular weight excluding hydrogens is 292 g/mol. The highest BCUT2D eigenvalue weighted by Crippen LogP contribution is 2.37. The number of hydrogen-bond donors (Lipinski definition) is 0. The average Bonchev–Trinajstić information content (AvgIpc) is 2.83. The van der Waals surface area contributed by atoms with E-state index in [-0.39, 0.29) is 0 Å². The normalized spacial score (nSPS) is 23.1. The second-order valence-electron chi connectivity index (χ2n) is 7.08. The first-order chi connectivity index (χ1) is 11.7. The van der Waals surface area contributed by atoms with E-state index in [0.29, 0.717) is 5.56 Å². The second-order valence-corrected chi connectivity index (χ2v) is 7.08. The van der Waals surface area contributed by atoms with Crippen LogP contribution in [0.4, 0.5) is 0 Å². The van der Waals surface area contributed by atoms with E-state index >= 15 is 0 Å². The van der Waals surface area contributed by atoms with Gasteiger partial charge in [-0.05, 0) is 67.6 Å². The van der Waals surface area contributed by atoms with Crippen LogP contribution in [0.2, 0.25) is 0 Å². The largest absolute Gasteiger partial charge is 0.300 e. The molecule has 2 aliphatic heterocycles. The molecule has 4 rings (SSSR count). The quantitative estimate of drug-likeness (QED) is 0.791. The molecule has 2 aliphatic rings. The van der Waals surface area contributed by atoms with Crippen molar-refractivity contribution in [1.82, 2.24) is 4.90 Å². The van der Waals surface area contributed by atoms with Gasteiger partial charge < -0.3 is 0 Å². The molecule has 0 radical (unpaired) electrons. The number of nitriles is 1. The minimum absolute atomic E-state index is 0.711. The van der Waals surface area contributed by atoms with E-state index in [9.17, 15) is 0 Å². The van der Waals surface area contributed by atoms with Crippen molar-refractivity contribution >= 4 is 6.08 Å². The smallest absolute Gasteiger partial charge is 0.0991 e. The van der Waals surface area contributed by atoms with Gasteiger partial charge >= 0.3 is 0 Å². The summed E-state index contributed by atoms with van der Waals surface area (Å²) in [5.41, 5.74) is 5.86. The van der Waals surface area contributed by atoms with Crippen molar-refractivity contribution in [3.63, 3.8) is 0 Å². The molecule has 2 saturated heterocycles. The molecule has 2 unspecified atom stereocenters.